The maximum Gasteiger partial charge on any atom is 0.358 e. The highest BCUT2D eigenvalue weighted by atomic mass is 79.9. The molecule has 0 aromatic carbocycles. The van der Waals surface area contributed by atoms with Crippen LogP contribution in [0.25, 0.3) is 0 Å². The van der Waals surface area contributed by atoms with Gasteiger partial charge in [0.1, 0.15) is 4.60 Å². The van der Waals surface area contributed by atoms with E-state index in [1.807, 2.05) is 6.92 Å². The van der Waals surface area contributed by atoms with Crippen molar-refractivity contribution in [3.05, 3.63) is 26.9 Å². The molecule has 0 unspecified atom stereocenters. The predicted molar refractivity (Wildman–Crippen MR) is 57.6 cm³/mol. The Bertz CT molecular complexity index is 368. The van der Waals surface area contributed by atoms with Gasteiger partial charge in [-0.3, -0.25) is 0 Å². The topological polar surface area (TPSA) is 39.2 Å². The Morgan fingerprint density at radius 3 is 2.93 bits per heavy atom. The van der Waals surface area contributed by atoms with E-state index in [0.717, 1.165) is 5.56 Å². The van der Waals surface area contributed by atoms with Crippen molar-refractivity contribution in [1.29, 1.82) is 0 Å². The Morgan fingerprint density at radius 2 is 2.36 bits per heavy atom. The molecule has 0 aliphatic carbocycles. The van der Waals surface area contributed by atoms with Crippen LogP contribution in [0.4, 0.5) is 0 Å². The van der Waals surface area contributed by atoms with E-state index in [0.29, 0.717) is 16.2 Å². The number of ether oxygens (including phenoxy) is 1. The van der Waals surface area contributed by atoms with Crippen LogP contribution in [0.1, 0.15) is 23.0 Å². The zero-order valence-electron chi connectivity index (χ0n) is 7.80. The minimum atomic E-state index is -0.502. The summed E-state index contributed by atoms with van der Waals surface area (Å²) in [4.78, 5) is 15.3. The average molecular weight is 279 g/mol. The second kappa shape index (κ2) is 4.75. The van der Waals surface area contributed by atoms with Gasteiger partial charge in [0.15, 0.2) is 5.69 Å². The number of carbonyl (C=O) groups is 1. The molecular formula is C9H9BrClNO2. The lowest BCUT2D eigenvalue weighted by Crippen LogP contribution is -2.08. The summed E-state index contributed by atoms with van der Waals surface area (Å²) in [6, 6.07) is 1.67. The molecule has 0 bridgehead atoms. The van der Waals surface area contributed by atoms with Gasteiger partial charge in [0.05, 0.1) is 11.6 Å². The third-order valence-electron chi connectivity index (χ3n) is 1.57. The van der Waals surface area contributed by atoms with Gasteiger partial charge in [-0.25, -0.2) is 9.78 Å². The van der Waals surface area contributed by atoms with Crippen LogP contribution < -0.4 is 0 Å². The molecule has 0 N–H and O–H groups in total. The highest BCUT2D eigenvalue weighted by Gasteiger charge is 2.14. The summed E-state index contributed by atoms with van der Waals surface area (Å²) in [5, 5.41) is 0.309. The third kappa shape index (κ3) is 2.45. The van der Waals surface area contributed by atoms with Crippen molar-refractivity contribution in [3.8, 4) is 0 Å². The Kier molecular flexibility index (Phi) is 3.89. The van der Waals surface area contributed by atoms with Crippen LogP contribution in [-0.2, 0) is 4.74 Å². The van der Waals surface area contributed by atoms with Crippen LogP contribution in [0.3, 0.4) is 0 Å². The summed E-state index contributed by atoms with van der Waals surface area (Å²) in [5.41, 5.74) is 1.02. The number of esters is 1. The molecule has 0 radical (unpaired) electrons. The van der Waals surface area contributed by atoms with Crippen molar-refractivity contribution in [1.82, 2.24) is 4.98 Å². The van der Waals surface area contributed by atoms with E-state index in [1.54, 1.807) is 13.0 Å². The normalized spacial score (nSPS) is 10.0. The Labute approximate surface area is 95.6 Å². The van der Waals surface area contributed by atoms with Crippen molar-refractivity contribution in [2.75, 3.05) is 6.61 Å². The summed E-state index contributed by atoms with van der Waals surface area (Å²) in [7, 11) is 0. The minimum absolute atomic E-state index is 0.144. The molecule has 0 amide bonds. The van der Waals surface area contributed by atoms with Crippen molar-refractivity contribution in [2.24, 2.45) is 0 Å². The van der Waals surface area contributed by atoms with Crippen LogP contribution >= 0.6 is 27.5 Å². The van der Waals surface area contributed by atoms with E-state index in [2.05, 4.69) is 20.9 Å². The first kappa shape index (κ1) is 11.5. The highest BCUT2D eigenvalue weighted by Crippen LogP contribution is 2.22. The number of nitrogens with zero attached hydrogens (tertiary/aromatic N) is 1. The van der Waals surface area contributed by atoms with Crippen molar-refractivity contribution in [2.45, 2.75) is 13.8 Å². The van der Waals surface area contributed by atoms with E-state index in [9.17, 15) is 4.79 Å². The van der Waals surface area contributed by atoms with Gasteiger partial charge in [-0.15, -0.1) is 0 Å². The van der Waals surface area contributed by atoms with Crippen molar-refractivity contribution in [3.63, 3.8) is 0 Å². The molecule has 5 heteroatoms. The number of carbonyl (C=O) groups excluding carboxylic acids is 1. The molecule has 0 atom stereocenters. The molecule has 1 aromatic heterocycles. The lowest BCUT2D eigenvalue weighted by atomic mass is 10.3. The van der Waals surface area contributed by atoms with Gasteiger partial charge < -0.3 is 4.74 Å². The molecule has 0 aliphatic heterocycles. The standard InChI is InChI=1S/C9H9BrClNO2/c1-3-14-9(13)7-6(11)4-5(2)8(10)12-7/h4H,3H2,1-2H3. The first-order chi connectivity index (χ1) is 6.56. The van der Waals surface area contributed by atoms with Crippen LogP contribution in [-0.4, -0.2) is 17.6 Å². The van der Waals surface area contributed by atoms with Gasteiger partial charge in [-0.05, 0) is 41.4 Å². The van der Waals surface area contributed by atoms with Crippen LogP contribution in [0, 0.1) is 6.92 Å². The maximum atomic E-state index is 11.3. The lowest BCUT2D eigenvalue weighted by Gasteiger charge is -2.05. The monoisotopic (exact) mass is 277 g/mol. The smallest absolute Gasteiger partial charge is 0.358 e. The third-order valence-corrected chi connectivity index (χ3v) is 2.66. The second-order valence-electron chi connectivity index (χ2n) is 2.65. The maximum absolute atomic E-state index is 11.3. The number of aromatic nitrogens is 1. The van der Waals surface area contributed by atoms with E-state index >= 15 is 0 Å². The predicted octanol–water partition coefficient (Wildman–Crippen LogP) is 2.98. The fourth-order valence-electron chi connectivity index (χ4n) is 0.900. The van der Waals surface area contributed by atoms with Crippen LogP contribution in [0.2, 0.25) is 5.02 Å². The lowest BCUT2D eigenvalue weighted by molar-refractivity contribution is 0.0519. The summed E-state index contributed by atoms with van der Waals surface area (Å²) >= 11 is 9.07. The van der Waals surface area contributed by atoms with Crippen LogP contribution in [0.15, 0.2) is 10.7 Å². The molecule has 0 saturated heterocycles. The number of hydrogen-bond donors (Lipinski definition) is 0. The van der Waals surface area contributed by atoms with E-state index in [1.165, 1.54) is 0 Å². The molecule has 1 rings (SSSR count). The van der Waals surface area contributed by atoms with E-state index in [-0.39, 0.29) is 5.69 Å². The summed E-state index contributed by atoms with van der Waals surface area (Å²) < 4.78 is 5.40. The fourth-order valence-corrected chi connectivity index (χ4v) is 1.48. The Hall–Kier alpha value is -0.610. The molecule has 14 heavy (non-hydrogen) atoms. The molecule has 3 nitrogen and oxygen atoms in total. The van der Waals surface area contributed by atoms with Gasteiger partial charge in [0, 0.05) is 0 Å². The number of rotatable bonds is 2. The number of aryl methyl sites for hydroxylation is 1. The molecule has 0 aliphatic rings. The zero-order chi connectivity index (χ0) is 10.7. The number of pyridine rings is 1. The second-order valence-corrected chi connectivity index (χ2v) is 3.81. The Balaban J connectivity index is 3.09. The largest absolute Gasteiger partial charge is 0.461 e. The van der Waals surface area contributed by atoms with Gasteiger partial charge in [0.25, 0.3) is 0 Å². The quantitative estimate of drug-likeness (QED) is 0.617. The number of hydrogen-bond acceptors (Lipinski definition) is 3. The molecule has 0 spiro atoms. The summed E-state index contributed by atoms with van der Waals surface area (Å²) in [6.45, 7) is 3.88. The summed E-state index contributed by atoms with van der Waals surface area (Å²) in [6.07, 6.45) is 0. The molecule has 0 fully saturated rings. The molecule has 0 saturated carbocycles. The van der Waals surface area contributed by atoms with Crippen LogP contribution in [0.5, 0.6) is 0 Å². The fraction of sp³-hybridized carbons (Fsp3) is 0.333. The zero-order valence-corrected chi connectivity index (χ0v) is 10.1. The highest BCUT2D eigenvalue weighted by molar-refractivity contribution is 9.10. The molecule has 1 aromatic rings. The van der Waals surface area contributed by atoms with Gasteiger partial charge >= 0.3 is 5.97 Å². The molecular weight excluding hydrogens is 269 g/mol. The van der Waals surface area contributed by atoms with Crippen molar-refractivity contribution < 1.29 is 9.53 Å². The minimum Gasteiger partial charge on any atom is -0.461 e. The SMILES string of the molecule is CCOC(=O)c1nc(Br)c(C)cc1Cl. The summed E-state index contributed by atoms with van der Waals surface area (Å²) in [5.74, 6) is -0.502. The first-order valence-electron chi connectivity index (χ1n) is 4.06. The van der Waals surface area contributed by atoms with Gasteiger partial charge in [-0.2, -0.15) is 0 Å². The average Bonchev–Trinajstić information content (AvgIpc) is 2.11. The Morgan fingerprint density at radius 1 is 1.71 bits per heavy atom. The van der Waals surface area contributed by atoms with Gasteiger partial charge in [-0.1, -0.05) is 11.6 Å². The van der Waals surface area contributed by atoms with E-state index < -0.39 is 5.97 Å². The molecule has 1 heterocycles. The van der Waals surface area contributed by atoms with Gasteiger partial charge in [0.2, 0.25) is 0 Å². The first-order valence-corrected chi connectivity index (χ1v) is 5.23. The van der Waals surface area contributed by atoms with E-state index in [4.69, 9.17) is 16.3 Å². The van der Waals surface area contributed by atoms with Crippen molar-refractivity contribution >= 4 is 33.5 Å². The number of halogens is 2. The molecule has 76 valence electrons.